The number of carbonyl (C=O) groups excluding carboxylic acids is 2. The third-order valence-electron chi connectivity index (χ3n) is 3.51. The topological polar surface area (TPSA) is 71.1 Å². The summed E-state index contributed by atoms with van der Waals surface area (Å²) in [6.45, 7) is 2.37. The molecule has 0 atom stereocenters. The Morgan fingerprint density at radius 1 is 1.00 bits per heavy atom. The molecule has 0 saturated carbocycles. The molecule has 0 aliphatic heterocycles. The van der Waals surface area contributed by atoms with E-state index >= 15 is 0 Å². The number of nitrogens with zero attached hydrogens (tertiary/aromatic N) is 1. The predicted molar refractivity (Wildman–Crippen MR) is 100.0 cm³/mol. The van der Waals surface area contributed by atoms with Crippen molar-refractivity contribution in [2.75, 3.05) is 11.9 Å². The summed E-state index contributed by atoms with van der Waals surface area (Å²) < 4.78 is 0. The van der Waals surface area contributed by atoms with Gasteiger partial charge in [-0.3, -0.25) is 9.59 Å². The van der Waals surface area contributed by atoms with Gasteiger partial charge in [0, 0.05) is 17.5 Å². The standard InChI is InChI=1S/C19H17N3O2S/c1-2-20-17(23)14-10-6-7-11-15(14)21-18(24)16-12-25-19(22-16)13-8-4-3-5-9-13/h3-12H,2H2,1H3,(H,20,23)(H,21,24). The van der Waals surface area contributed by atoms with Crippen LogP contribution in [0.1, 0.15) is 27.8 Å². The average Bonchev–Trinajstić information content (AvgIpc) is 3.13. The Morgan fingerprint density at radius 2 is 1.72 bits per heavy atom. The molecule has 25 heavy (non-hydrogen) atoms. The number of nitrogens with one attached hydrogen (secondary N) is 2. The van der Waals surface area contributed by atoms with Gasteiger partial charge in [0.25, 0.3) is 11.8 Å². The molecule has 0 unspecified atom stereocenters. The number of amides is 2. The maximum atomic E-state index is 12.5. The van der Waals surface area contributed by atoms with Crippen molar-refractivity contribution in [3.05, 3.63) is 71.2 Å². The number of aromatic nitrogens is 1. The highest BCUT2D eigenvalue weighted by atomic mass is 32.1. The summed E-state index contributed by atoms with van der Waals surface area (Å²) in [5.74, 6) is -0.558. The van der Waals surface area contributed by atoms with E-state index in [1.54, 1.807) is 29.6 Å². The van der Waals surface area contributed by atoms with Crippen molar-refractivity contribution in [1.29, 1.82) is 0 Å². The zero-order chi connectivity index (χ0) is 17.6. The van der Waals surface area contributed by atoms with Gasteiger partial charge >= 0.3 is 0 Å². The van der Waals surface area contributed by atoms with Gasteiger partial charge in [-0.2, -0.15) is 0 Å². The zero-order valence-corrected chi connectivity index (χ0v) is 14.5. The highest BCUT2D eigenvalue weighted by Gasteiger charge is 2.16. The van der Waals surface area contributed by atoms with Crippen molar-refractivity contribution in [2.45, 2.75) is 6.92 Å². The van der Waals surface area contributed by atoms with E-state index in [0.717, 1.165) is 10.6 Å². The normalized spacial score (nSPS) is 10.3. The molecule has 0 bridgehead atoms. The fourth-order valence-electron chi connectivity index (χ4n) is 2.32. The van der Waals surface area contributed by atoms with Crippen LogP contribution in [-0.4, -0.2) is 23.3 Å². The van der Waals surface area contributed by atoms with Crippen LogP contribution in [0.15, 0.2) is 60.0 Å². The molecule has 5 nitrogen and oxygen atoms in total. The lowest BCUT2D eigenvalue weighted by molar-refractivity contribution is 0.0956. The summed E-state index contributed by atoms with van der Waals surface area (Å²) in [6.07, 6.45) is 0. The lowest BCUT2D eigenvalue weighted by Crippen LogP contribution is -2.24. The Morgan fingerprint density at radius 3 is 2.48 bits per heavy atom. The fraction of sp³-hybridized carbons (Fsp3) is 0.105. The molecule has 2 amide bonds. The van der Waals surface area contributed by atoms with E-state index in [9.17, 15) is 9.59 Å². The largest absolute Gasteiger partial charge is 0.352 e. The molecule has 3 aromatic rings. The van der Waals surface area contributed by atoms with E-state index in [1.807, 2.05) is 37.3 Å². The van der Waals surface area contributed by atoms with Gasteiger partial charge < -0.3 is 10.6 Å². The first kappa shape index (κ1) is 16.9. The minimum Gasteiger partial charge on any atom is -0.352 e. The van der Waals surface area contributed by atoms with Gasteiger partial charge in [0.05, 0.1) is 11.3 Å². The molecule has 0 radical (unpaired) electrons. The lowest BCUT2D eigenvalue weighted by atomic mass is 10.1. The smallest absolute Gasteiger partial charge is 0.275 e. The Hall–Kier alpha value is -2.99. The fourth-order valence-corrected chi connectivity index (χ4v) is 3.13. The maximum Gasteiger partial charge on any atom is 0.275 e. The lowest BCUT2D eigenvalue weighted by Gasteiger charge is -2.09. The van der Waals surface area contributed by atoms with Gasteiger partial charge in [-0.1, -0.05) is 42.5 Å². The summed E-state index contributed by atoms with van der Waals surface area (Å²) in [5.41, 5.74) is 2.19. The Kier molecular flexibility index (Phi) is 5.20. The first-order valence-electron chi connectivity index (χ1n) is 7.88. The molecule has 0 aliphatic carbocycles. The summed E-state index contributed by atoms with van der Waals surface area (Å²) in [4.78, 5) is 29.0. The Bertz CT molecular complexity index is 890. The number of rotatable bonds is 5. The SMILES string of the molecule is CCNC(=O)c1ccccc1NC(=O)c1csc(-c2ccccc2)n1. The second kappa shape index (κ2) is 7.72. The molecule has 0 spiro atoms. The van der Waals surface area contributed by atoms with E-state index < -0.39 is 0 Å². The molecule has 1 aromatic heterocycles. The highest BCUT2D eigenvalue weighted by molar-refractivity contribution is 7.13. The van der Waals surface area contributed by atoms with E-state index in [4.69, 9.17) is 0 Å². The van der Waals surface area contributed by atoms with E-state index in [0.29, 0.717) is 23.5 Å². The third-order valence-corrected chi connectivity index (χ3v) is 4.41. The van der Waals surface area contributed by atoms with Gasteiger partial charge in [0.1, 0.15) is 10.7 Å². The van der Waals surface area contributed by atoms with Gasteiger partial charge in [0.15, 0.2) is 0 Å². The number of hydrogen-bond donors (Lipinski definition) is 2. The first-order chi connectivity index (χ1) is 12.2. The van der Waals surface area contributed by atoms with Crippen LogP contribution < -0.4 is 10.6 Å². The van der Waals surface area contributed by atoms with Gasteiger partial charge in [0.2, 0.25) is 0 Å². The Labute approximate surface area is 149 Å². The average molecular weight is 351 g/mol. The monoisotopic (exact) mass is 351 g/mol. The van der Waals surface area contributed by atoms with Gasteiger partial charge in [-0.25, -0.2) is 4.98 Å². The highest BCUT2D eigenvalue weighted by Crippen LogP contribution is 2.24. The summed E-state index contributed by atoms with van der Waals surface area (Å²) in [5, 5.41) is 8.01. The number of thiazole rings is 1. The predicted octanol–water partition coefficient (Wildman–Crippen LogP) is 3.81. The molecule has 126 valence electrons. The molecule has 6 heteroatoms. The number of carbonyl (C=O) groups is 2. The van der Waals surface area contributed by atoms with Crippen molar-refractivity contribution in [1.82, 2.24) is 10.3 Å². The maximum absolute atomic E-state index is 12.5. The molecular weight excluding hydrogens is 334 g/mol. The molecule has 2 N–H and O–H groups in total. The Balaban J connectivity index is 1.80. The van der Waals surface area contributed by atoms with Crippen molar-refractivity contribution < 1.29 is 9.59 Å². The molecule has 0 fully saturated rings. The molecule has 0 aliphatic rings. The first-order valence-corrected chi connectivity index (χ1v) is 8.76. The van der Waals surface area contributed by atoms with Gasteiger partial charge in [-0.15, -0.1) is 11.3 Å². The third kappa shape index (κ3) is 3.92. The number of anilines is 1. The van der Waals surface area contributed by atoms with Crippen LogP contribution in [0.5, 0.6) is 0 Å². The summed E-state index contributed by atoms with van der Waals surface area (Å²) >= 11 is 1.41. The second-order valence-corrected chi connectivity index (χ2v) is 6.12. The van der Waals surface area contributed by atoms with Crippen molar-refractivity contribution >= 4 is 28.8 Å². The second-order valence-electron chi connectivity index (χ2n) is 5.26. The zero-order valence-electron chi connectivity index (χ0n) is 13.7. The molecule has 2 aromatic carbocycles. The van der Waals surface area contributed by atoms with Crippen LogP contribution >= 0.6 is 11.3 Å². The van der Waals surface area contributed by atoms with Crippen molar-refractivity contribution in [3.8, 4) is 10.6 Å². The number of benzene rings is 2. The molecule has 0 saturated heterocycles. The number of para-hydroxylation sites is 1. The van der Waals surface area contributed by atoms with Crippen LogP contribution in [0.4, 0.5) is 5.69 Å². The quantitative estimate of drug-likeness (QED) is 0.734. The molecular formula is C19H17N3O2S. The molecule has 3 rings (SSSR count). The minimum absolute atomic E-state index is 0.221. The van der Waals surface area contributed by atoms with E-state index in [1.165, 1.54) is 11.3 Å². The van der Waals surface area contributed by atoms with Crippen molar-refractivity contribution in [3.63, 3.8) is 0 Å². The van der Waals surface area contributed by atoms with Crippen LogP contribution in [0.25, 0.3) is 10.6 Å². The number of hydrogen-bond acceptors (Lipinski definition) is 4. The summed E-state index contributed by atoms with van der Waals surface area (Å²) in [6, 6.07) is 16.6. The van der Waals surface area contributed by atoms with Crippen LogP contribution in [0.2, 0.25) is 0 Å². The van der Waals surface area contributed by atoms with Gasteiger partial charge in [-0.05, 0) is 19.1 Å². The van der Waals surface area contributed by atoms with Crippen LogP contribution in [-0.2, 0) is 0 Å². The van der Waals surface area contributed by atoms with Crippen molar-refractivity contribution in [2.24, 2.45) is 0 Å². The van der Waals surface area contributed by atoms with Crippen LogP contribution in [0.3, 0.4) is 0 Å². The van der Waals surface area contributed by atoms with E-state index in [2.05, 4.69) is 15.6 Å². The van der Waals surface area contributed by atoms with E-state index in [-0.39, 0.29) is 11.8 Å². The van der Waals surface area contributed by atoms with Crippen LogP contribution in [0, 0.1) is 0 Å². The minimum atomic E-state index is -0.338. The molecule has 1 heterocycles. The summed E-state index contributed by atoms with van der Waals surface area (Å²) in [7, 11) is 0.